The van der Waals surface area contributed by atoms with E-state index in [0.29, 0.717) is 49.1 Å². The highest BCUT2D eigenvalue weighted by molar-refractivity contribution is 5.95. The van der Waals surface area contributed by atoms with Crippen molar-refractivity contribution >= 4 is 11.6 Å². The van der Waals surface area contributed by atoms with Crippen LogP contribution in [0.25, 0.3) is 0 Å². The average molecular weight is 374 g/mol. The van der Waals surface area contributed by atoms with Gasteiger partial charge in [-0.25, -0.2) is 8.78 Å². The molecule has 0 unspecified atom stereocenters. The quantitative estimate of drug-likeness (QED) is 0.894. The summed E-state index contributed by atoms with van der Waals surface area (Å²) in [6.45, 7) is 2.12. The molecule has 5 nitrogen and oxygen atoms in total. The minimum absolute atomic E-state index is 0.0234. The summed E-state index contributed by atoms with van der Waals surface area (Å²) in [6.07, 6.45) is 1.68. The maximum Gasteiger partial charge on any atom is 0.254 e. The van der Waals surface area contributed by atoms with Crippen molar-refractivity contribution in [1.29, 1.82) is 0 Å². The highest BCUT2D eigenvalue weighted by Crippen LogP contribution is 2.31. The number of fused-ring (bicyclic) bond motifs is 1. The maximum atomic E-state index is 13.4. The Kier molecular flexibility index (Phi) is 4.83. The number of benzene rings is 2. The number of ether oxygens (including phenoxy) is 2. The first-order chi connectivity index (χ1) is 13.1. The van der Waals surface area contributed by atoms with Crippen LogP contribution in [0.15, 0.2) is 36.4 Å². The van der Waals surface area contributed by atoms with Crippen LogP contribution < -0.4 is 14.8 Å². The Morgan fingerprint density at radius 1 is 1.04 bits per heavy atom. The summed E-state index contributed by atoms with van der Waals surface area (Å²) >= 11 is 0. The Hall–Kier alpha value is -2.83. The Morgan fingerprint density at radius 3 is 2.67 bits per heavy atom. The Morgan fingerprint density at radius 2 is 1.85 bits per heavy atom. The molecule has 0 saturated carbocycles. The lowest BCUT2D eigenvalue weighted by Gasteiger charge is -2.34. The Balaban J connectivity index is 1.44. The van der Waals surface area contributed by atoms with Gasteiger partial charge in [0.15, 0.2) is 23.1 Å². The number of nitrogens with one attached hydrogen (secondary N) is 1. The predicted octanol–water partition coefficient (Wildman–Crippen LogP) is 3.45. The first kappa shape index (κ1) is 17.6. The lowest BCUT2D eigenvalue weighted by Crippen LogP contribution is -2.45. The molecule has 4 rings (SSSR count). The second-order valence-corrected chi connectivity index (χ2v) is 6.72. The van der Waals surface area contributed by atoms with Crippen LogP contribution in [0.3, 0.4) is 0 Å². The summed E-state index contributed by atoms with van der Waals surface area (Å²) in [6, 6.07) is 8.91. The smallest absolute Gasteiger partial charge is 0.254 e. The highest BCUT2D eigenvalue weighted by atomic mass is 19.2. The zero-order valence-corrected chi connectivity index (χ0v) is 14.7. The molecule has 27 heavy (non-hydrogen) atoms. The molecule has 0 radical (unpaired) electrons. The largest absolute Gasteiger partial charge is 0.486 e. The molecule has 1 fully saturated rings. The molecule has 0 aromatic heterocycles. The van der Waals surface area contributed by atoms with Crippen LogP contribution in [-0.4, -0.2) is 43.2 Å². The van der Waals surface area contributed by atoms with Gasteiger partial charge in [-0.1, -0.05) is 0 Å². The molecule has 2 aromatic carbocycles. The second-order valence-electron chi connectivity index (χ2n) is 6.72. The van der Waals surface area contributed by atoms with Gasteiger partial charge in [-0.05, 0) is 43.2 Å². The highest BCUT2D eigenvalue weighted by Gasteiger charge is 2.26. The van der Waals surface area contributed by atoms with Gasteiger partial charge in [-0.15, -0.1) is 0 Å². The van der Waals surface area contributed by atoms with Crippen molar-refractivity contribution in [1.82, 2.24) is 4.90 Å². The van der Waals surface area contributed by atoms with E-state index in [-0.39, 0.29) is 11.9 Å². The topological polar surface area (TPSA) is 50.8 Å². The van der Waals surface area contributed by atoms with Crippen LogP contribution in [0.4, 0.5) is 14.5 Å². The number of likely N-dealkylation sites (tertiary alicyclic amines) is 1. The van der Waals surface area contributed by atoms with Gasteiger partial charge < -0.3 is 19.7 Å². The van der Waals surface area contributed by atoms with Crippen molar-refractivity contribution in [2.24, 2.45) is 0 Å². The summed E-state index contributed by atoms with van der Waals surface area (Å²) in [7, 11) is 0. The number of halogens is 2. The lowest BCUT2D eigenvalue weighted by atomic mass is 10.0. The number of piperidine rings is 1. The zero-order valence-electron chi connectivity index (χ0n) is 14.7. The third kappa shape index (κ3) is 3.82. The molecule has 1 saturated heterocycles. The number of carbonyl (C=O) groups excluding carboxylic acids is 1. The second kappa shape index (κ2) is 7.42. The average Bonchev–Trinajstić information content (AvgIpc) is 2.70. The zero-order chi connectivity index (χ0) is 18.8. The van der Waals surface area contributed by atoms with E-state index in [9.17, 15) is 13.6 Å². The third-order valence-corrected chi connectivity index (χ3v) is 4.79. The van der Waals surface area contributed by atoms with Crippen LogP contribution in [0, 0.1) is 11.6 Å². The van der Waals surface area contributed by atoms with Gasteiger partial charge >= 0.3 is 0 Å². The molecule has 2 aliphatic heterocycles. The van der Waals surface area contributed by atoms with E-state index in [0.717, 1.165) is 25.0 Å². The minimum atomic E-state index is -0.889. The summed E-state index contributed by atoms with van der Waals surface area (Å²) in [5, 5.41) is 3.19. The molecule has 0 spiro atoms. The van der Waals surface area contributed by atoms with Crippen LogP contribution >= 0.6 is 0 Å². The van der Waals surface area contributed by atoms with E-state index in [1.54, 1.807) is 23.1 Å². The van der Waals surface area contributed by atoms with E-state index >= 15 is 0 Å². The van der Waals surface area contributed by atoms with Gasteiger partial charge in [-0.2, -0.15) is 0 Å². The van der Waals surface area contributed by atoms with Gasteiger partial charge in [0, 0.05) is 36.4 Å². The number of carbonyl (C=O) groups is 1. The number of rotatable bonds is 3. The summed E-state index contributed by atoms with van der Waals surface area (Å²) in [5.74, 6) is -0.613. The van der Waals surface area contributed by atoms with Crippen LogP contribution in [0.2, 0.25) is 0 Å². The van der Waals surface area contributed by atoms with Gasteiger partial charge in [0.05, 0.1) is 0 Å². The number of amides is 1. The normalized spacial score (nSPS) is 18.9. The van der Waals surface area contributed by atoms with E-state index in [4.69, 9.17) is 9.47 Å². The first-order valence-electron chi connectivity index (χ1n) is 9.00. The molecular formula is C20H20F2N2O3. The van der Waals surface area contributed by atoms with Crippen molar-refractivity contribution in [3.05, 3.63) is 53.6 Å². The standard InChI is InChI=1S/C20H20F2N2O3/c21-16-5-4-14(11-17(16)22)23-15-2-1-7-24(12-15)20(25)13-3-6-18-19(10-13)27-9-8-26-18/h3-6,10-11,15,23H,1-2,7-9,12H2/t15-/m1/s1. The van der Waals surface area contributed by atoms with Crippen LogP contribution in [0.1, 0.15) is 23.2 Å². The molecule has 1 atom stereocenters. The molecule has 1 N–H and O–H groups in total. The predicted molar refractivity (Wildman–Crippen MR) is 96.3 cm³/mol. The van der Waals surface area contributed by atoms with Crippen LogP contribution in [-0.2, 0) is 0 Å². The SMILES string of the molecule is O=C(c1ccc2c(c1)OCCO2)N1CCC[C@@H](Nc2ccc(F)c(F)c2)C1. The molecule has 142 valence electrons. The monoisotopic (exact) mass is 374 g/mol. The van der Waals surface area contributed by atoms with Gasteiger partial charge in [-0.3, -0.25) is 4.79 Å². The minimum Gasteiger partial charge on any atom is -0.486 e. The molecule has 1 amide bonds. The number of hydrogen-bond acceptors (Lipinski definition) is 4. The van der Waals surface area contributed by atoms with E-state index in [1.165, 1.54) is 6.07 Å². The molecule has 0 aliphatic carbocycles. The lowest BCUT2D eigenvalue weighted by molar-refractivity contribution is 0.0713. The van der Waals surface area contributed by atoms with Crippen LogP contribution in [0.5, 0.6) is 11.5 Å². The van der Waals surface area contributed by atoms with Crippen molar-refractivity contribution < 1.29 is 23.0 Å². The van der Waals surface area contributed by atoms with E-state index in [1.807, 2.05) is 0 Å². The van der Waals surface area contributed by atoms with E-state index < -0.39 is 11.6 Å². The molecular weight excluding hydrogens is 354 g/mol. The van der Waals surface area contributed by atoms with Gasteiger partial charge in [0.1, 0.15) is 13.2 Å². The fraction of sp³-hybridized carbons (Fsp3) is 0.350. The van der Waals surface area contributed by atoms with Crippen molar-refractivity contribution in [3.63, 3.8) is 0 Å². The van der Waals surface area contributed by atoms with E-state index in [2.05, 4.69) is 5.32 Å². The molecule has 7 heteroatoms. The van der Waals surface area contributed by atoms with Crippen molar-refractivity contribution in [2.75, 3.05) is 31.6 Å². The molecule has 0 bridgehead atoms. The fourth-order valence-corrected chi connectivity index (χ4v) is 3.46. The van der Waals surface area contributed by atoms with Crippen molar-refractivity contribution in [3.8, 4) is 11.5 Å². The summed E-state index contributed by atoms with van der Waals surface area (Å²) in [4.78, 5) is 14.6. The first-order valence-corrected chi connectivity index (χ1v) is 9.00. The molecule has 2 aliphatic rings. The Labute approximate surface area is 155 Å². The van der Waals surface area contributed by atoms with Gasteiger partial charge in [0.25, 0.3) is 5.91 Å². The number of hydrogen-bond donors (Lipinski definition) is 1. The van der Waals surface area contributed by atoms with Gasteiger partial charge in [0.2, 0.25) is 0 Å². The number of anilines is 1. The maximum absolute atomic E-state index is 13.4. The third-order valence-electron chi connectivity index (χ3n) is 4.79. The van der Waals surface area contributed by atoms with Crippen molar-refractivity contribution in [2.45, 2.75) is 18.9 Å². The number of nitrogens with zero attached hydrogens (tertiary/aromatic N) is 1. The summed E-state index contributed by atoms with van der Waals surface area (Å²) in [5.41, 5.74) is 1.06. The Bertz CT molecular complexity index is 859. The molecule has 2 heterocycles. The fourth-order valence-electron chi connectivity index (χ4n) is 3.46. The summed E-state index contributed by atoms with van der Waals surface area (Å²) < 4.78 is 37.5. The molecule has 2 aromatic rings.